The van der Waals surface area contributed by atoms with Crippen LogP contribution in [0.4, 0.5) is 17.6 Å². The van der Waals surface area contributed by atoms with E-state index in [0.29, 0.717) is 6.07 Å². The molecule has 0 radical (unpaired) electrons. The quantitative estimate of drug-likeness (QED) is 0.156. The fourth-order valence-electron chi connectivity index (χ4n) is 4.90. The summed E-state index contributed by atoms with van der Waals surface area (Å²) in [6.45, 7) is -1.59. The number of benzene rings is 2. The number of nitrogens with two attached hydrogens (primary N) is 2. The first-order valence-corrected chi connectivity index (χ1v) is 15.2. The van der Waals surface area contributed by atoms with Gasteiger partial charge in [-0.1, -0.05) is 13.0 Å². The van der Waals surface area contributed by atoms with Crippen LogP contribution in [-0.2, 0) is 9.59 Å². The topological polar surface area (TPSA) is 172 Å². The molecule has 2 fully saturated rings. The summed E-state index contributed by atoms with van der Waals surface area (Å²) in [5, 5.41) is 5.30. The molecule has 3 aromatic rings. The normalized spacial score (nSPS) is 16.0. The molecule has 2 aliphatic carbocycles. The third kappa shape index (κ3) is 9.37. The number of hydrogen-bond acceptors (Lipinski definition) is 8. The van der Waals surface area contributed by atoms with Gasteiger partial charge in [0.05, 0.1) is 18.7 Å². The molecule has 2 aliphatic rings. The second-order valence-corrected chi connectivity index (χ2v) is 11.9. The summed E-state index contributed by atoms with van der Waals surface area (Å²) in [5.74, 6) is -4.82. The van der Waals surface area contributed by atoms with E-state index in [-0.39, 0.29) is 89.7 Å². The van der Waals surface area contributed by atoms with Gasteiger partial charge in [0.25, 0.3) is 5.91 Å². The zero-order valence-electron chi connectivity index (χ0n) is 25.8. The Morgan fingerprint density at radius 2 is 1.75 bits per heavy atom. The van der Waals surface area contributed by atoms with Crippen LogP contribution in [0.15, 0.2) is 40.8 Å². The number of hydrogen-bond donors (Lipinski definition) is 4. The molecule has 2 aromatic carbocycles. The summed E-state index contributed by atoms with van der Waals surface area (Å²) in [6, 6.07) is 4.30. The highest BCUT2D eigenvalue weighted by Crippen LogP contribution is 2.38. The number of halogens is 5. The molecule has 2 saturated carbocycles. The monoisotopic (exact) mass is 697 g/mol. The number of aromatic nitrogens is 1. The van der Waals surface area contributed by atoms with Crippen molar-refractivity contribution in [2.45, 2.75) is 63.6 Å². The molecule has 11 nitrogen and oxygen atoms in total. The first kappa shape index (κ1) is 36.5. The van der Waals surface area contributed by atoms with Crippen molar-refractivity contribution in [1.29, 1.82) is 0 Å². The SMILES string of the molecule is C[C@H](c1oc(-c2ccc(OC(F)F)c(OCC3CC3)c2)nc1C(=O)N[C@@H](CNC(=O)CC1CC1)c1ccc(F)cc1F)C(N)C(N)=O.Cl. The van der Waals surface area contributed by atoms with E-state index in [1.165, 1.54) is 25.1 Å². The number of ether oxygens (including phenoxy) is 2. The Bertz CT molecular complexity index is 1630. The molecule has 1 unspecified atom stereocenters. The smallest absolute Gasteiger partial charge is 0.387 e. The maximum absolute atomic E-state index is 14.9. The van der Waals surface area contributed by atoms with E-state index in [1.807, 2.05) is 0 Å². The lowest BCUT2D eigenvalue weighted by molar-refractivity contribution is -0.121. The average Bonchev–Trinajstić information content (AvgIpc) is 3.96. The standard InChI is InChI=1S/C32H35F4N5O6.ClH/c1-15(26(37)29(38)43)28-27(41-31(47-28)18-6-9-23(46-32(35)36)24(11-18)45-14-17-4-5-17)30(44)40-22(13-39-25(42)10-16-2-3-16)20-8-7-19(33)12-21(20)34;/h6-9,11-12,15-17,22,26,32H,2-5,10,13-14,37H2,1H3,(H2,38,43)(H,39,42)(H,40,44);1H/t15-,22-,26?;/m0./s1. The van der Waals surface area contributed by atoms with E-state index in [9.17, 15) is 31.9 Å². The van der Waals surface area contributed by atoms with Gasteiger partial charge in [0, 0.05) is 36.1 Å². The molecular weight excluding hydrogens is 662 g/mol. The van der Waals surface area contributed by atoms with E-state index in [2.05, 4.69) is 20.4 Å². The van der Waals surface area contributed by atoms with Crippen LogP contribution in [0.5, 0.6) is 11.5 Å². The predicted molar refractivity (Wildman–Crippen MR) is 167 cm³/mol. The Balaban J connectivity index is 0.00000520. The summed E-state index contributed by atoms with van der Waals surface area (Å²) < 4.78 is 71.1. The summed E-state index contributed by atoms with van der Waals surface area (Å²) in [5.41, 5.74) is 11.2. The molecule has 1 aromatic heterocycles. The third-order valence-electron chi connectivity index (χ3n) is 8.04. The van der Waals surface area contributed by atoms with Gasteiger partial charge in [-0.05, 0) is 61.8 Å². The number of carbonyl (C=O) groups is 3. The van der Waals surface area contributed by atoms with Crippen LogP contribution >= 0.6 is 12.4 Å². The van der Waals surface area contributed by atoms with Crippen LogP contribution in [0.1, 0.15) is 72.8 Å². The van der Waals surface area contributed by atoms with Gasteiger partial charge in [0.15, 0.2) is 17.2 Å². The summed E-state index contributed by atoms with van der Waals surface area (Å²) in [4.78, 5) is 42.5. The molecule has 3 amide bonds. The van der Waals surface area contributed by atoms with Gasteiger partial charge in [-0.15, -0.1) is 12.4 Å². The second-order valence-electron chi connectivity index (χ2n) is 11.9. The van der Waals surface area contributed by atoms with Gasteiger partial charge in [-0.2, -0.15) is 8.78 Å². The number of rotatable bonds is 16. The molecule has 1 heterocycles. The van der Waals surface area contributed by atoms with Gasteiger partial charge in [0.1, 0.15) is 17.4 Å². The first-order chi connectivity index (χ1) is 22.4. The Morgan fingerprint density at radius 1 is 1.04 bits per heavy atom. The Kier molecular flexibility index (Phi) is 11.9. The van der Waals surface area contributed by atoms with Crippen LogP contribution in [0.25, 0.3) is 11.5 Å². The maximum atomic E-state index is 14.9. The molecule has 0 aliphatic heterocycles. The van der Waals surface area contributed by atoms with Crippen molar-refractivity contribution < 1.29 is 45.8 Å². The number of oxazole rings is 1. The van der Waals surface area contributed by atoms with Crippen molar-refractivity contribution in [3.8, 4) is 23.0 Å². The van der Waals surface area contributed by atoms with E-state index in [0.717, 1.165) is 37.8 Å². The van der Waals surface area contributed by atoms with E-state index in [4.69, 9.17) is 20.6 Å². The fraction of sp³-hybridized carbons (Fsp3) is 0.438. The number of nitrogens with one attached hydrogen (secondary N) is 2. The zero-order valence-corrected chi connectivity index (χ0v) is 26.7. The zero-order chi connectivity index (χ0) is 33.8. The Hall–Kier alpha value is -4.37. The maximum Gasteiger partial charge on any atom is 0.387 e. The second kappa shape index (κ2) is 15.7. The molecule has 0 spiro atoms. The highest BCUT2D eigenvalue weighted by atomic mass is 35.5. The van der Waals surface area contributed by atoms with Crippen molar-refractivity contribution in [3.05, 3.63) is 65.1 Å². The molecule has 260 valence electrons. The Labute approximate surface area is 279 Å². The first-order valence-electron chi connectivity index (χ1n) is 15.2. The van der Waals surface area contributed by atoms with Gasteiger partial charge < -0.3 is 36.0 Å². The number of carbonyl (C=O) groups excluding carboxylic acids is 3. The van der Waals surface area contributed by atoms with Crippen molar-refractivity contribution in [1.82, 2.24) is 15.6 Å². The van der Waals surface area contributed by atoms with E-state index in [1.54, 1.807) is 0 Å². The largest absolute Gasteiger partial charge is 0.489 e. The summed E-state index contributed by atoms with van der Waals surface area (Å²) in [6.07, 6.45) is 4.02. The van der Waals surface area contributed by atoms with Crippen LogP contribution in [0.2, 0.25) is 0 Å². The lowest BCUT2D eigenvalue weighted by Gasteiger charge is -2.21. The summed E-state index contributed by atoms with van der Waals surface area (Å²) >= 11 is 0. The molecular formula is C32H36ClF4N5O6. The Morgan fingerprint density at radius 3 is 2.38 bits per heavy atom. The van der Waals surface area contributed by atoms with Crippen LogP contribution in [0, 0.1) is 23.5 Å². The number of primary amides is 1. The molecule has 6 N–H and O–H groups in total. The van der Waals surface area contributed by atoms with Crippen LogP contribution in [0.3, 0.4) is 0 Å². The highest BCUT2D eigenvalue weighted by molar-refractivity contribution is 5.95. The number of amides is 3. The van der Waals surface area contributed by atoms with Gasteiger partial charge in [-0.3, -0.25) is 14.4 Å². The van der Waals surface area contributed by atoms with Crippen LogP contribution in [-0.4, -0.2) is 48.5 Å². The molecule has 16 heteroatoms. The number of nitrogens with zero attached hydrogens (tertiary/aromatic N) is 1. The van der Waals surface area contributed by atoms with Crippen molar-refractivity contribution in [3.63, 3.8) is 0 Å². The van der Waals surface area contributed by atoms with Crippen LogP contribution < -0.4 is 31.6 Å². The molecule has 0 saturated heterocycles. The lowest BCUT2D eigenvalue weighted by atomic mass is 9.97. The molecule has 5 rings (SSSR count). The highest BCUT2D eigenvalue weighted by Gasteiger charge is 2.33. The molecule has 48 heavy (non-hydrogen) atoms. The number of alkyl halides is 2. The minimum absolute atomic E-state index is 0. The van der Waals surface area contributed by atoms with Crippen molar-refractivity contribution in [2.24, 2.45) is 23.3 Å². The minimum Gasteiger partial charge on any atom is -0.489 e. The minimum atomic E-state index is -3.11. The fourth-order valence-corrected chi connectivity index (χ4v) is 4.90. The van der Waals surface area contributed by atoms with Crippen molar-refractivity contribution in [2.75, 3.05) is 13.2 Å². The predicted octanol–water partition coefficient (Wildman–Crippen LogP) is 4.74. The third-order valence-corrected chi connectivity index (χ3v) is 8.04. The average molecular weight is 698 g/mol. The van der Waals surface area contributed by atoms with Crippen molar-refractivity contribution >= 4 is 30.1 Å². The lowest BCUT2D eigenvalue weighted by Crippen LogP contribution is -2.41. The van der Waals surface area contributed by atoms with Gasteiger partial charge in [0.2, 0.25) is 17.7 Å². The van der Waals surface area contributed by atoms with Gasteiger partial charge in [-0.25, -0.2) is 13.8 Å². The molecule has 3 atom stereocenters. The van der Waals surface area contributed by atoms with Gasteiger partial charge >= 0.3 is 6.61 Å². The van der Waals surface area contributed by atoms with E-state index < -0.39 is 48.1 Å². The van der Waals surface area contributed by atoms with E-state index >= 15 is 0 Å². The molecule has 0 bridgehead atoms. The summed E-state index contributed by atoms with van der Waals surface area (Å²) in [7, 11) is 0.